The smallest absolute Gasteiger partial charge is 0.0556 e. The van der Waals surface area contributed by atoms with Gasteiger partial charge >= 0.3 is 0 Å². The van der Waals surface area contributed by atoms with Crippen molar-refractivity contribution in [1.29, 1.82) is 0 Å². The van der Waals surface area contributed by atoms with Crippen LogP contribution in [0.5, 0.6) is 0 Å². The van der Waals surface area contributed by atoms with Crippen LogP contribution < -0.4 is 10.6 Å². The van der Waals surface area contributed by atoms with Gasteiger partial charge in [0.05, 0.1) is 5.69 Å². The van der Waals surface area contributed by atoms with E-state index in [0.717, 1.165) is 13.0 Å². The Balaban J connectivity index is 2.40. The van der Waals surface area contributed by atoms with Crippen molar-refractivity contribution in [3.63, 3.8) is 0 Å². The highest BCUT2D eigenvalue weighted by atomic mass is 32.1. The topological polar surface area (TPSA) is 29.3 Å². The molecule has 0 unspecified atom stereocenters. The van der Waals surface area contributed by atoms with Crippen molar-refractivity contribution in [2.24, 2.45) is 5.73 Å². The van der Waals surface area contributed by atoms with E-state index in [1.807, 2.05) is 0 Å². The number of nitrogens with zero attached hydrogens (tertiary/aromatic N) is 1. The highest BCUT2D eigenvalue weighted by Gasteiger charge is 2.24. The van der Waals surface area contributed by atoms with E-state index >= 15 is 0 Å². The average molecular weight is 248 g/mol. The van der Waals surface area contributed by atoms with E-state index < -0.39 is 0 Å². The SMILES string of the molecule is CN(c1csc2ccccc12)C(C)(C)CCN. The minimum atomic E-state index is 0.0958. The Hall–Kier alpha value is -1.06. The average Bonchev–Trinajstić information content (AvgIpc) is 2.71. The van der Waals surface area contributed by atoms with Gasteiger partial charge in [-0.2, -0.15) is 0 Å². The lowest BCUT2D eigenvalue weighted by Crippen LogP contribution is -2.42. The van der Waals surface area contributed by atoms with Crippen LogP contribution in [0.15, 0.2) is 29.6 Å². The molecule has 0 bridgehead atoms. The predicted octanol–water partition coefficient (Wildman–Crippen LogP) is 3.46. The summed E-state index contributed by atoms with van der Waals surface area (Å²) in [6.45, 7) is 5.21. The van der Waals surface area contributed by atoms with Gasteiger partial charge in [0.2, 0.25) is 0 Å². The van der Waals surface area contributed by atoms with E-state index in [2.05, 4.69) is 55.4 Å². The van der Waals surface area contributed by atoms with Crippen molar-refractivity contribution in [1.82, 2.24) is 0 Å². The van der Waals surface area contributed by atoms with Crippen LogP contribution in [0.3, 0.4) is 0 Å². The normalized spacial score (nSPS) is 12.0. The first-order valence-corrected chi connectivity index (χ1v) is 6.84. The molecule has 17 heavy (non-hydrogen) atoms. The largest absolute Gasteiger partial charge is 0.368 e. The van der Waals surface area contributed by atoms with E-state index in [1.165, 1.54) is 15.8 Å². The van der Waals surface area contributed by atoms with Crippen molar-refractivity contribution < 1.29 is 0 Å². The molecule has 0 aliphatic rings. The molecule has 2 aromatic rings. The summed E-state index contributed by atoms with van der Waals surface area (Å²) < 4.78 is 1.35. The van der Waals surface area contributed by atoms with Crippen molar-refractivity contribution in [2.45, 2.75) is 25.8 Å². The molecule has 0 saturated heterocycles. The van der Waals surface area contributed by atoms with Gasteiger partial charge < -0.3 is 10.6 Å². The molecule has 2 N–H and O–H groups in total. The fraction of sp³-hybridized carbons (Fsp3) is 0.429. The fourth-order valence-electron chi connectivity index (χ4n) is 2.07. The fourth-order valence-corrected chi connectivity index (χ4v) is 3.05. The first-order chi connectivity index (χ1) is 8.06. The second-order valence-electron chi connectivity index (χ2n) is 5.03. The maximum atomic E-state index is 5.69. The molecule has 2 rings (SSSR count). The van der Waals surface area contributed by atoms with Gasteiger partial charge in [-0.05, 0) is 32.9 Å². The number of nitrogens with two attached hydrogens (primary N) is 1. The van der Waals surface area contributed by atoms with E-state index in [1.54, 1.807) is 11.3 Å². The highest BCUT2D eigenvalue weighted by molar-refractivity contribution is 7.17. The minimum Gasteiger partial charge on any atom is -0.368 e. The van der Waals surface area contributed by atoms with Gasteiger partial charge in [0.1, 0.15) is 0 Å². The number of benzene rings is 1. The molecule has 0 atom stereocenters. The molecule has 0 saturated carbocycles. The molecule has 92 valence electrons. The van der Waals surface area contributed by atoms with Crippen LogP contribution >= 0.6 is 11.3 Å². The van der Waals surface area contributed by atoms with E-state index in [4.69, 9.17) is 5.73 Å². The van der Waals surface area contributed by atoms with Crippen molar-refractivity contribution in [3.05, 3.63) is 29.6 Å². The van der Waals surface area contributed by atoms with Gasteiger partial charge in [0, 0.05) is 28.1 Å². The number of rotatable bonds is 4. The van der Waals surface area contributed by atoms with Gasteiger partial charge in [0.15, 0.2) is 0 Å². The Bertz CT molecular complexity index is 502. The third-order valence-electron chi connectivity index (χ3n) is 3.49. The van der Waals surface area contributed by atoms with Crippen LogP contribution in [-0.4, -0.2) is 19.1 Å². The second kappa shape index (κ2) is 4.67. The van der Waals surface area contributed by atoms with E-state index in [0.29, 0.717) is 0 Å². The summed E-state index contributed by atoms with van der Waals surface area (Å²) in [4.78, 5) is 2.35. The molecule has 3 heteroatoms. The number of fused-ring (bicyclic) bond motifs is 1. The van der Waals surface area contributed by atoms with Crippen LogP contribution in [0.4, 0.5) is 5.69 Å². The lowest BCUT2D eigenvalue weighted by atomic mass is 9.98. The summed E-state index contributed by atoms with van der Waals surface area (Å²) in [5, 5.41) is 3.58. The third-order valence-corrected chi connectivity index (χ3v) is 4.44. The molecule has 0 fully saturated rings. The molecule has 0 aliphatic carbocycles. The number of anilines is 1. The van der Waals surface area contributed by atoms with Crippen LogP contribution in [0.1, 0.15) is 20.3 Å². The Morgan fingerprint density at radius 2 is 2.00 bits per heavy atom. The van der Waals surface area contributed by atoms with Gasteiger partial charge in [-0.15, -0.1) is 11.3 Å². The van der Waals surface area contributed by atoms with Crippen LogP contribution in [-0.2, 0) is 0 Å². The standard InChI is InChI=1S/C14H20N2S/c1-14(2,8-9-15)16(3)12-10-17-13-7-5-4-6-11(12)13/h4-7,10H,8-9,15H2,1-3H3. The van der Waals surface area contributed by atoms with Gasteiger partial charge in [-0.1, -0.05) is 18.2 Å². The summed E-state index contributed by atoms with van der Waals surface area (Å²) in [5.41, 5.74) is 7.10. The lowest BCUT2D eigenvalue weighted by Gasteiger charge is -2.37. The molecule has 2 nitrogen and oxygen atoms in total. The molecule has 1 aromatic heterocycles. The summed E-state index contributed by atoms with van der Waals surface area (Å²) >= 11 is 1.80. The zero-order chi connectivity index (χ0) is 12.5. The van der Waals surface area contributed by atoms with Crippen molar-refractivity contribution >= 4 is 27.1 Å². The molecular weight excluding hydrogens is 228 g/mol. The zero-order valence-electron chi connectivity index (χ0n) is 10.7. The number of hydrogen-bond acceptors (Lipinski definition) is 3. The van der Waals surface area contributed by atoms with Crippen LogP contribution in [0.25, 0.3) is 10.1 Å². The monoisotopic (exact) mass is 248 g/mol. The van der Waals surface area contributed by atoms with Gasteiger partial charge in [0.25, 0.3) is 0 Å². The molecule has 1 heterocycles. The Labute approximate surface area is 107 Å². The first kappa shape index (κ1) is 12.4. The van der Waals surface area contributed by atoms with Gasteiger partial charge in [-0.3, -0.25) is 0 Å². The molecular formula is C14H20N2S. The van der Waals surface area contributed by atoms with E-state index in [9.17, 15) is 0 Å². The Morgan fingerprint density at radius 1 is 1.29 bits per heavy atom. The number of hydrogen-bond donors (Lipinski definition) is 1. The lowest BCUT2D eigenvalue weighted by molar-refractivity contribution is 0.457. The van der Waals surface area contributed by atoms with Crippen molar-refractivity contribution in [3.8, 4) is 0 Å². The summed E-state index contributed by atoms with van der Waals surface area (Å²) in [6.07, 6.45) is 0.994. The summed E-state index contributed by atoms with van der Waals surface area (Å²) in [7, 11) is 2.16. The molecule has 0 radical (unpaired) electrons. The van der Waals surface area contributed by atoms with Crippen LogP contribution in [0.2, 0.25) is 0 Å². The molecule has 1 aromatic carbocycles. The maximum Gasteiger partial charge on any atom is 0.0556 e. The minimum absolute atomic E-state index is 0.0958. The quantitative estimate of drug-likeness (QED) is 0.897. The summed E-state index contributed by atoms with van der Waals surface area (Å²) in [5.74, 6) is 0. The Kier molecular flexibility index (Phi) is 3.40. The zero-order valence-corrected chi connectivity index (χ0v) is 11.6. The highest BCUT2D eigenvalue weighted by Crippen LogP contribution is 2.35. The first-order valence-electron chi connectivity index (χ1n) is 5.96. The predicted molar refractivity (Wildman–Crippen MR) is 78.0 cm³/mol. The van der Waals surface area contributed by atoms with Crippen LogP contribution in [0, 0.1) is 0 Å². The molecule has 0 aliphatic heterocycles. The third kappa shape index (κ3) is 2.31. The molecule has 0 spiro atoms. The van der Waals surface area contributed by atoms with Crippen molar-refractivity contribution in [2.75, 3.05) is 18.5 Å². The summed E-state index contributed by atoms with van der Waals surface area (Å²) in [6, 6.07) is 8.55. The number of thiophene rings is 1. The Morgan fingerprint density at radius 3 is 2.71 bits per heavy atom. The second-order valence-corrected chi connectivity index (χ2v) is 5.94. The van der Waals surface area contributed by atoms with Gasteiger partial charge in [-0.25, -0.2) is 0 Å². The van der Waals surface area contributed by atoms with E-state index in [-0.39, 0.29) is 5.54 Å². The molecule has 0 amide bonds. The maximum absolute atomic E-state index is 5.69.